The van der Waals surface area contributed by atoms with Gasteiger partial charge < -0.3 is 13.6 Å². The van der Waals surface area contributed by atoms with Gasteiger partial charge in [0.15, 0.2) is 23.3 Å². The smallest absolute Gasteiger partial charge is 0.390 e. The maximum atomic E-state index is 13.5. The lowest BCUT2D eigenvalue weighted by atomic mass is 10.1. The van der Waals surface area contributed by atoms with Crippen molar-refractivity contribution in [3.05, 3.63) is 34.9 Å². The average Bonchev–Trinajstić information content (AvgIpc) is 2.42. The standard InChI is InChI=1S/C13H18F4O3Si/c1-3-19-21(18,20-4-2)7-5-6-9-8-10(14)12(16)13(17)11(9)15/h8,18H,3-7H2,1-2H3. The van der Waals surface area contributed by atoms with Crippen LogP contribution in [0.3, 0.4) is 0 Å². The van der Waals surface area contributed by atoms with Gasteiger partial charge in [-0.1, -0.05) is 0 Å². The van der Waals surface area contributed by atoms with E-state index in [4.69, 9.17) is 8.85 Å². The highest BCUT2D eigenvalue weighted by Crippen LogP contribution is 2.22. The van der Waals surface area contributed by atoms with E-state index >= 15 is 0 Å². The molecule has 0 saturated heterocycles. The Balaban J connectivity index is 2.71. The van der Waals surface area contributed by atoms with Crippen molar-refractivity contribution in [2.75, 3.05) is 13.2 Å². The van der Waals surface area contributed by atoms with Crippen LogP contribution in [0.25, 0.3) is 0 Å². The molecule has 0 aliphatic carbocycles. The number of hydrogen-bond donors (Lipinski definition) is 1. The van der Waals surface area contributed by atoms with Gasteiger partial charge in [0.05, 0.1) is 0 Å². The predicted octanol–water partition coefficient (Wildman–Crippen LogP) is 3.18. The Hall–Kier alpha value is -0.963. The third-order valence-corrected chi connectivity index (χ3v) is 5.32. The first-order valence-electron chi connectivity index (χ1n) is 6.66. The molecule has 0 saturated carbocycles. The first kappa shape index (κ1) is 18.1. The van der Waals surface area contributed by atoms with Gasteiger partial charge in [0.1, 0.15) is 0 Å². The molecule has 1 N–H and O–H groups in total. The van der Waals surface area contributed by atoms with Crippen LogP contribution in [0, 0.1) is 23.3 Å². The van der Waals surface area contributed by atoms with Crippen LogP contribution in [0.5, 0.6) is 0 Å². The van der Waals surface area contributed by atoms with Crippen LogP contribution in [0.1, 0.15) is 25.8 Å². The Morgan fingerprint density at radius 1 is 1.00 bits per heavy atom. The summed E-state index contributed by atoms with van der Waals surface area (Å²) in [7, 11) is -3.34. The normalized spacial score (nSPS) is 12.0. The molecule has 0 aliphatic heterocycles. The highest BCUT2D eigenvalue weighted by molar-refractivity contribution is 6.59. The molecule has 0 bridgehead atoms. The monoisotopic (exact) mass is 326 g/mol. The molecule has 0 unspecified atom stereocenters. The topological polar surface area (TPSA) is 38.7 Å². The Labute approximate surface area is 121 Å². The summed E-state index contributed by atoms with van der Waals surface area (Å²) in [6.45, 7) is 3.91. The summed E-state index contributed by atoms with van der Waals surface area (Å²) < 4.78 is 62.8. The minimum absolute atomic E-state index is 0.0601. The Morgan fingerprint density at radius 3 is 2.10 bits per heavy atom. The molecule has 1 rings (SSSR count). The second-order valence-corrected chi connectivity index (χ2v) is 6.89. The third kappa shape index (κ3) is 4.77. The average molecular weight is 326 g/mol. The molecular formula is C13H18F4O3Si. The van der Waals surface area contributed by atoms with Crippen LogP contribution >= 0.6 is 0 Å². The summed E-state index contributed by atoms with van der Waals surface area (Å²) in [4.78, 5) is 10.1. The molecule has 1 aromatic rings. The van der Waals surface area contributed by atoms with E-state index in [1.165, 1.54) is 0 Å². The minimum Gasteiger partial charge on any atom is -0.390 e. The van der Waals surface area contributed by atoms with Gasteiger partial charge in [-0.15, -0.1) is 0 Å². The molecule has 0 radical (unpaired) electrons. The van der Waals surface area contributed by atoms with Gasteiger partial charge in [-0.2, -0.15) is 0 Å². The Kier molecular flexibility index (Phi) is 6.79. The molecule has 0 spiro atoms. The highest BCUT2D eigenvalue weighted by Gasteiger charge is 2.35. The first-order chi connectivity index (χ1) is 9.84. The Bertz CT molecular complexity index is 479. The molecule has 0 heterocycles. The maximum absolute atomic E-state index is 13.5. The molecule has 1 aromatic carbocycles. The van der Waals surface area contributed by atoms with E-state index in [9.17, 15) is 22.4 Å². The van der Waals surface area contributed by atoms with Crippen LogP contribution < -0.4 is 0 Å². The lowest BCUT2D eigenvalue weighted by Crippen LogP contribution is -2.42. The first-order valence-corrected chi connectivity index (χ1v) is 8.63. The van der Waals surface area contributed by atoms with Crippen LogP contribution in [0.4, 0.5) is 17.6 Å². The second-order valence-electron chi connectivity index (χ2n) is 4.39. The fourth-order valence-corrected chi connectivity index (χ4v) is 3.84. The van der Waals surface area contributed by atoms with Gasteiger partial charge in [0.25, 0.3) is 0 Å². The zero-order valence-electron chi connectivity index (χ0n) is 11.9. The van der Waals surface area contributed by atoms with Crippen LogP contribution in [0.2, 0.25) is 6.04 Å². The van der Waals surface area contributed by atoms with E-state index in [2.05, 4.69) is 0 Å². The molecule has 0 amide bonds. The predicted molar refractivity (Wildman–Crippen MR) is 70.6 cm³/mol. The molecule has 0 atom stereocenters. The third-order valence-electron chi connectivity index (χ3n) is 2.86. The molecule has 0 aliphatic rings. The van der Waals surface area contributed by atoms with Crippen molar-refractivity contribution < 1.29 is 31.2 Å². The van der Waals surface area contributed by atoms with Gasteiger partial charge in [-0.25, -0.2) is 17.6 Å². The van der Waals surface area contributed by atoms with Crippen molar-refractivity contribution >= 4 is 8.80 Å². The van der Waals surface area contributed by atoms with Crippen molar-refractivity contribution in [1.29, 1.82) is 0 Å². The van der Waals surface area contributed by atoms with Gasteiger partial charge in [-0.05, 0) is 38.3 Å². The van der Waals surface area contributed by atoms with Gasteiger partial charge in [0, 0.05) is 19.3 Å². The van der Waals surface area contributed by atoms with Crippen molar-refractivity contribution in [3.63, 3.8) is 0 Å². The molecule has 0 fully saturated rings. The molecule has 3 nitrogen and oxygen atoms in total. The summed E-state index contributed by atoms with van der Waals surface area (Å²) >= 11 is 0. The van der Waals surface area contributed by atoms with Crippen LogP contribution in [0.15, 0.2) is 6.07 Å². The Morgan fingerprint density at radius 2 is 1.57 bits per heavy atom. The van der Waals surface area contributed by atoms with Gasteiger partial charge >= 0.3 is 8.80 Å². The molecule has 0 aromatic heterocycles. The zero-order valence-corrected chi connectivity index (χ0v) is 12.9. The number of aryl methyl sites for hydroxylation is 1. The molecule has 120 valence electrons. The van der Waals surface area contributed by atoms with Crippen molar-refractivity contribution in [3.8, 4) is 0 Å². The number of halogens is 4. The highest BCUT2D eigenvalue weighted by atomic mass is 28.4. The van der Waals surface area contributed by atoms with E-state index in [1.54, 1.807) is 13.8 Å². The summed E-state index contributed by atoms with van der Waals surface area (Å²) in [6.07, 6.45) is 0.138. The van der Waals surface area contributed by atoms with E-state index in [0.29, 0.717) is 6.07 Å². The second kappa shape index (κ2) is 7.88. The minimum atomic E-state index is -3.34. The SMILES string of the molecule is CCO[Si](O)(CCCc1cc(F)c(F)c(F)c1F)OCC. The summed E-state index contributed by atoms with van der Waals surface area (Å²) in [5, 5.41) is 0. The van der Waals surface area contributed by atoms with Crippen molar-refractivity contribution in [2.45, 2.75) is 32.7 Å². The molecule has 8 heteroatoms. The van der Waals surface area contributed by atoms with Gasteiger partial charge in [0.2, 0.25) is 0 Å². The van der Waals surface area contributed by atoms with Crippen molar-refractivity contribution in [1.82, 2.24) is 0 Å². The van der Waals surface area contributed by atoms with E-state index < -0.39 is 32.1 Å². The largest absolute Gasteiger partial charge is 0.498 e. The maximum Gasteiger partial charge on any atom is 0.498 e. The summed E-state index contributed by atoms with van der Waals surface area (Å²) in [5.41, 5.74) is -0.282. The zero-order chi connectivity index (χ0) is 16.0. The van der Waals surface area contributed by atoms with Crippen LogP contribution in [-0.2, 0) is 15.3 Å². The van der Waals surface area contributed by atoms with Gasteiger partial charge in [-0.3, -0.25) is 0 Å². The van der Waals surface area contributed by atoms with E-state index in [1.807, 2.05) is 0 Å². The van der Waals surface area contributed by atoms with E-state index in [-0.39, 0.29) is 37.7 Å². The van der Waals surface area contributed by atoms with Crippen molar-refractivity contribution in [2.24, 2.45) is 0 Å². The lowest BCUT2D eigenvalue weighted by Gasteiger charge is -2.22. The molecule has 21 heavy (non-hydrogen) atoms. The van der Waals surface area contributed by atoms with Crippen LogP contribution in [-0.4, -0.2) is 26.8 Å². The van der Waals surface area contributed by atoms with E-state index in [0.717, 1.165) is 0 Å². The number of benzene rings is 1. The fraction of sp³-hybridized carbons (Fsp3) is 0.538. The summed E-state index contributed by atoms with van der Waals surface area (Å²) in [6, 6.07) is 0.741. The number of rotatable bonds is 8. The number of hydrogen-bond acceptors (Lipinski definition) is 3. The summed E-state index contributed by atoms with van der Waals surface area (Å²) in [5.74, 6) is -6.50. The quantitative estimate of drug-likeness (QED) is 0.345. The fourth-order valence-electron chi connectivity index (χ4n) is 1.94. The molecular weight excluding hydrogens is 308 g/mol. The lowest BCUT2D eigenvalue weighted by molar-refractivity contribution is 0.108.